The SMILES string of the molecule is N#Cc1cc(O[C@H]2CC[C@H](NC(=O)c3ccc(N4CCC(CN5CCC[C@@](F)(Cn6ccc7c(N8CCC(=O)NC8=O)cccc76)C5)CC4)nn3)CC2)ccc1Cl. The van der Waals surface area contributed by atoms with Crippen molar-refractivity contribution in [3.8, 4) is 11.8 Å². The number of piperidine rings is 2. The molecule has 0 unspecified atom stereocenters. The maximum Gasteiger partial charge on any atom is 0.328 e. The normalized spacial score (nSPS) is 23.6. The summed E-state index contributed by atoms with van der Waals surface area (Å²) in [5, 5.41) is 24.7. The number of nitrogens with zero attached hydrogens (tertiary/aromatic N) is 7. The number of nitrogens with one attached hydrogen (secondary N) is 2. The average Bonchev–Trinajstić information content (AvgIpc) is 3.62. The van der Waals surface area contributed by atoms with E-state index in [2.05, 4.69) is 36.7 Å². The molecule has 1 atom stereocenters. The molecule has 2 aromatic carbocycles. The maximum absolute atomic E-state index is 16.6. The molecule has 4 fully saturated rings. The van der Waals surface area contributed by atoms with Gasteiger partial charge in [0.25, 0.3) is 5.91 Å². The number of imide groups is 1. The zero-order chi connectivity index (χ0) is 39.5. The predicted molar refractivity (Wildman–Crippen MR) is 214 cm³/mol. The van der Waals surface area contributed by atoms with Gasteiger partial charge in [-0.15, -0.1) is 10.2 Å². The number of amides is 4. The first-order valence-electron chi connectivity index (χ1n) is 20.0. The molecule has 4 aromatic rings. The average molecular weight is 796 g/mol. The molecule has 5 heterocycles. The molecular weight excluding hydrogens is 749 g/mol. The van der Waals surface area contributed by atoms with Crippen LogP contribution in [0.2, 0.25) is 5.02 Å². The van der Waals surface area contributed by atoms with Crippen LogP contribution in [0.1, 0.15) is 73.8 Å². The number of likely N-dealkylation sites (tertiary alicyclic amines) is 1. The summed E-state index contributed by atoms with van der Waals surface area (Å²) in [6.45, 7) is 4.29. The summed E-state index contributed by atoms with van der Waals surface area (Å²) in [6, 6.07) is 18.0. The van der Waals surface area contributed by atoms with Crippen molar-refractivity contribution in [2.45, 2.75) is 82.1 Å². The van der Waals surface area contributed by atoms with E-state index in [1.165, 1.54) is 0 Å². The monoisotopic (exact) mass is 795 g/mol. The molecule has 4 aliphatic rings. The predicted octanol–water partition coefficient (Wildman–Crippen LogP) is 6.24. The summed E-state index contributed by atoms with van der Waals surface area (Å²) < 4.78 is 24.7. The number of fused-ring (bicyclic) bond motifs is 1. The van der Waals surface area contributed by atoms with E-state index in [1.807, 2.05) is 41.1 Å². The van der Waals surface area contributed by atoms with Crippen molar-refractivity contribution >= 4 is 51.9 Å². The Morgan fingerprint density at radius 3 is 2.60 bits per heavy atom. The summed E-state index contributed by atoms with van der Waals surface area (Å²) in [5.74, 6) is 1.31. The Labute approximate surface area is 336 Å². The molecule has 298 valence electrons. The highest BCUT2D eigenvalue weighted by Crippen LogP contribution is 2.34. The lowest BCUT2D eigenvalue weighted by Crippen LogP contribution is -2.50. The van der Waals surface area contributed by atoms with Gasteiger partial charge in [-0.05, 0) is 112 Å². The van der Waals surface area contributed by atoms with Crippen molar-refractivity contribution in [2.75, 3.05) is 49.1 Å². The number of carbonyl (C=O) groups is 3. The molecule has 1 aliphatic carbocycles. The molecule has 0 spiro atoms. The fourth-order valence-electron chi connectivity index (χ4n) is 8.91. The Kier molecular flexibility index (Phi) is 11.3. The highest BCUT2D eigenvalue weighted by atomic mass is 35.5. The third-order valence-electron chi connectivity index (χ3n) is 11.9. The van der Waals surface area contributed by atoms with Crippen LogP contribution in [0.4, 0.5) is 20.7 Å². The van der Waals surface area contributed by atoms with Crippen LogP contribution >= 0.6 is 11.6 Å². The van der Waals surface area contributed by atoms with Crippen LogP contribution < -0.4 is 25.2 Å². The number of rotatable bonds is 10. The second kappa shape index (κ2) is 16.7. The molecule has 2 N–H and O–H groups in total. The quantitative estimate of drug-likeness (QED) is 0.190. The number of hydrogen-bond donors (Lipinski definition) is 2. The standard InChI is InChI=1S/C42H47ClFN9O4/c43-34-10-9-32(23-29(34)24-45)57-31-7-5-30(6-8-31)46-40(55)35-11-12-38(49-48-35)51-19-13-28(14-20-51)25-50-18-2-17-42(44,26-50)27-52-21-15-33-36(52)3-1-4-37(33)53-22-16-39(54)47-41(53)56/h1,3-4,9-12,15,21,23,28,30-31H,2,5-8,13-14,16-20,22,25-27H2,(H,46,55)(H,47,54,56)/t30-,31-,42-/m0/s1. The van der Waals surface area contributed by atoms with Crippen molar-refractivity contribution in [2.24, 2.45) is 5.92 Å². The number of carbonyl (C=O) groups excluding carboxylic acids is 3. The molecule has 0 bridgehead atoms. The van der Waals surface area contributed by atoms with Crippen LogP contribution in [0.5, 0.6) is 5.75 Å². The van der Waals surface area contributed by atoms with Gasteiger partial charge in [0.15, 0.2) is 11.5 Å². The van der Waals surface area contributed by atoms with Gasteiger partial charge in [0.05, 0.1) is 34.4 Å². The van der Waals surface area contributed by atoms with Crippen molar-refractivity contribution in [1.82, 2.24) is 30.3 Å². The summed E-state index contributed by atoms with van der Waals surface area (Å²) in [6.07, 6.45) is 8.48. The summed E-state index contributed by atoms with van der Waals surface area (Å²) in [4.78, 5) is 43.4. The van der Waals surface area contributed by atoms with Gasteiger partial charge in [-0.2, -0.15) is 5.26 Å². The Hall–Kier alpha value is -5.26. The zero-order valence-electron chi connectivity index (χ0n) is 31.8. The third-order valence-corrected chi connectivity index (χ3v) is 12.2. The highest BCUT2D eigenvalue weighted by molar-refractivity contribution is 6.31. The number of urea groups is 1. The first-order valence-corrected chi connectivity index (χ1v) is 20.4. The number of hydrogen-bond acceptors (Lipinski definition) is 9. The van der Waals surface area contributed by atoms with E-state index in [4.69, 9.17) is 16.3 Å². The maximum atomic E-state index is 16.6. The highest BCUT2D eigenvalue weighted by Gasteiger charge is 2.37. The van der Waals surface area contributed by atoms with Crippen LogP contribution in [-0.4, -0.2) is 94.6 Å². The molecule has 57 heavy (non-hydrogen) atoms. The Balaban J connectivity index is 0.785. The van der Waals surface area contributed by atoms with E-state index in [1.54, 1.807) is 29.2 Å². The van der Waals surface area contributed by atoms with E-state index in [9.17, 15) is 19.6 Å². The molecule has 3 aliphatic heterocycles. The molecule has 4 amide bonds. The lowest BCUT2D eigenvalue weighted by Gasteiger charge is -2.41. The van der Waals surface area contributed by atoms with Gasteiger partial charge in [0, 0.05) is 56.8 Å². The van der Waals surface area contributed by atoms with Crippen LogP contribution in [0, 0.1) is 17.2 Å². The molecule has 15 heteroatoms. The van der Waals surface area contributed by atoms with Gasteiger partial charge in [-0.1, -0.05) is 17.7 Å². The molecule has 8 rings (SSSR count). The van der Waals surface area contributed by atoms with Gasteiger partial charge < -0.3 is 19.5 Å². The Morgan fingerprint density at radius 1 is 1.02 bits per heavy atom. The molecule has 13 nitrogen and oxygen atoms in total. The van der Waals surface area contributed by atoms with Crippen molar-refractivity contribution in [3.63, 3.8) is 0 Å². The zero-order valence-corrected chi connectivity index (χ0v) is 32.6. The van der Waals surface area contributed by atoms with Crippen LogP contribution in [0.25, 0.3) is 10.9 Å². The van der Waals surface area contributed by atoms with Crippen molar-refractivity contribution in [3.05, 3.63) is 77.1 Å². The number of benzene rings is 2. The first kappa shape index (κ1) is 38.6. The van der Waals surface area contributed by atoms with Crippen molar-refractivity contribution in [1.29, 1.82) is 5.26 Å². The van der Waals surface area contributed by atoms with Crippen molar-refractivity contribution < 1.29 is 23.5 Å². The van der Waals surface area contributed by atoms with Gasteiger partial charge in [-0.3, -0.25) is 24.7 Å². The number of alkyl halides is 1. The lowest BCUT2D eigenvalue weighted by atomic mass is 9.91. The Morgan fingerprint density at radius 2 is 1.84 bits per heavy atom. The number of anilines is 2. The number of ether oxygens (including phenoxy) is 1. The van der Waals surface area contributed by atoms with E-state index in [0.29, 0.717) is 41.8 Å². The van der Waals surface area contributed by atoms with E-state index < -0.39 is 11.7 Å². The largest absolute Gasteiger partial charge is 0.490 e. The summed E-state index contributed by atoms with van der Waals surface area (Å²) in [5.41, 5.74) is 0.884. The molecule has 2 aromatic heterocycles. The molecule has 3 saturated heterocycles. The van der Waals surface area contributed by atoms with Crippen LogP contribution in [-0.2, 0) is 11.3 Å². The smallest absolute Gasteiger partial charge is 0.328 e. The topological polar surface area (TPSA) is 149 Å². The third kappa shape index (κ3) is 8.84. The Bertz CT molecular complexity index is 2160. The molecule has 1 saturated carbocycles. The molecular formula is C42H47ClFN9O4. The lowest BCUT2D eigenvalue weighted by molar-refractivity contribution is -0.120. The summed E-state index contributed by atoms with van der Waals surface area (Å²) >= 11 is 6.04. The van der Waals surface area contributed by atoms with E-state index in [0.717, 1.165) is 93.5 Å². The minimum atomic E-state index is -1.38. The van der Waals surface area contributed by atoms with Gasteiger partial charge in [-0.25, -0.2) is 9.18 Å². The molecule has 0 radical (unpaired) electrons. The van der Waals surface area contributed by atoms with E-state index in [-0.39, 0.29) is 42.6 Å². The first-order chi connectivity index (χ1) is 27.6. The van der Waals surface area contributed by atoms with Crippen LogP contribution in [0.15, 0.2) is 60.8 Å². The number of aromatic nitrogens is 3. The fraction of sp³-hybridized carbons (Fsp3) is 0.476. The minimum Gasteiger partial charge on any atom is -0.490 e. The van der Waals surface area contributed by atoms with Gasteiger partial charge >= 0.3 is 6.03 Å². The second-order valence-corrected chi connectivity index (χ2v) is 16.3. The fourth-order valence-corrected chi connectivity index (χ4v) is 9.07. The minimum absolute atomic E-state index is 0.00599. The second-order valence-electron chi connectivity index (χ2n) is 15.9. The number of halogens is 2. The van der Waals surface area contributed by atoms with Gasteiger partial charge in [0.2, 0.25) is 5.91 Å². The van der Waals surface area contributed by atoms with Gasteiger partial charge in [0.1, 0.15) is 17.5 Å². The number of nitriles is 1. The van der Waals surface area contributed by atoms with E-state index >= 15 is 4.39 Å². The van der Waals surface area contributed by atoms with Crippen LogP contribution in [0.3, 0.4) is 0 Å². The summed E-state index contributed by atoms with van der Waals surface area (Å²) in [7, 11) is 0.